The van der Waals surface area contributed by atoms with Crippen molar-refractivity contribution in [1.82, 2.24) is 14.6 Å². The number of benzene rings is 1. The maximum Gasteiger partial charge on any atom is 0.291 e. The van der Waals surface area contributed by atoms with E-state index in [1.807, 2.05) is 12.1 Å². The molecule has 20 heavy (non-hydrogen) atoms. The topological polar surface area (TPSA) is 65.7 Å². The Morgan fingerprint density at radius 1 is 1.30 bits per heavy atom. The standard InChI is InChI=1S/C13H11N3O3S/c1-18-9-5-3-4-8(11(9)19-2)6-10-12(17)16-13(20-10)14-7-15-16/h3-7H,1-2H3/b10-6-. The largest absolute Gasteiger partial charge is 0.493 e. The number of fused-ring (bicyclic) bond motifs is 1. The van der Waals surface area contributed by atoms with Gasteiger partial charge in [0.15, 0.2) is 11.5 Å². The van der Waals surface area contributed by atoms with Gasteiger partial charge in [-0.15, -0.1) is 0 Å². The van der Waals surface area contributed by atoms with Gasteiger partial charge in [-0.2, -0.15) is 9.61 Å². The summed E-state index contributed by atoms with van der Waals surface area (Å²) in [5.74, 6) is 1.21. The Balaban J connectivity index is 2.24. The third-order valence-electron chi connectivity index (χ3n) is 2.84. The molecular formula is C13H11N3O3S. The van der Waals surface area contributed by atoms with Crippen LogP contribution in [0.1, 0.15) is 5.56 Å². The lowest BCUT2D eigenvalue weighted by Gasteiger charge is -2.09. The van der Waals surface area contributed by atoms with E-state index in [0.29, 0.717) is 21.0 Å². The first-order chi connectivity index (χ1) is 9.74. The summed E-state index contributed by atoms with van der Waals surface area (Å²) in [5.41, 5.74) is 0.584. The normalized spacial score (nSPS) is 12.0. The monoisotopic (exact) mass is 289 g/mol. The molecule has 1 aromatic carbocycles. The average molecular weight is 289 g/mol. The van der Waals surface area contributed by atoms with Crippen LogP contribution in [-0.4, -0.2) is 28.8 Å². The molecule has 102 valence electrons. The molecule has 3 aromatic rings. The second-order valence-electron chi connectivity index (χ2n) is 3.95. The van der Waals surface area contributed by atoms with Gasteiger partial charge >= 0.3 is 0 Å². The zero-order valence-electron chi connectivity index (χ0n) is 10.9. The predicted molar refractivity (Wildman–Crippen MR) is 75.5 cm³/mol. The van der Waals surface area contributed by atoms with Crippen LogP contribution in [0.25, 0.3) is 11.0 Å². The zero-order chi connectivity index (χ0) is 14.1. The molecule has 0 aliphatic rings. The van der Waals surface area contributed by atoms with E-state index in [1.54, 1.807) is 26.4 Å². The number of hydrogen-bond acceptors (Lipinski definition) is 6. The van der Waals surface area contributed by atoms with Crippen molar-refractivity contribution in [3.05, 3.63) is 45.0 Å². The number of nitrogens with zero attached hydrogens (tertiary/aromatic N) is 3. The molecule has 0 aliphatic carbocycles. The Morgan fingerprint density at radius 3 is 2.85 bits per heavy atom. The molecular weight excluding hydrogens is 278 g/mol. The fourth-order valence-corrected chi connectivity index (χ4v) is 2.82. The van der Waals surface area contributed by atoms with Crippen LogP contribution in [0, 0.1) is 0 Å². The van der Waals surface area contributed by atoms with E-state index >= 15 is 0 Å². The molecule has 0 spiro atoms. The minimum absolute atomic E-state index is 0.188. The molecule has 3 rings (SSSR count). The molecule has 6 nitrogen and oxygen atoms in total. The van der Waals surface area contributed by atoms with Gasteiger partial charge in [0.25, 0.3) is 5.56 Å². The maximum absolute atomic E-state index is 12.1. The van der Waals surface area contributed by atoms with Crippen molar-refractivity contribution in [2.45, 2.75) is 0 Å². The van der Waals surface area contributed by atoms with Gasteiger partial charge in [0, 0.05) is 5.56 Å². The summed E-state index contributed by atoms with van der Waals surface area (Å²) in [4.78, 5) is 16.7. The second kappa shape index (κ2) is 4.93. The van der Waals surface area contributed by atoms with E-state index in [2.05, 4.69) is 10.1 Å². The molecule has 2 heterocycles. The van der Waals surface area contributed by atoms with Crippen LogP contribution in [0.15, 0.2) is 29.3 Å². The first kappa shape index (κ1) is 12.6. The molecule has 0 atom stereocenters. The highest BCUT2D eigenvalue weighted by molar-refractivity contribution is 7.15. The van der Waals surface area contributed by atoms with Crippen molar-refractivity contribution in [2.24, 2.45) is 0 Å². The lowest BCUT2D eigenvalue weighted by molar-refractivity contribution is 0.354. The summed E-state index contributed by atoms with van der Waals surface area (Å²) in [6.45, 7) is 0. The lowest BCUT2D eigenvalue weighted by atomic mass is 10.2. The highest BCUT2D eigenvalue weighted by atomic mass is 32.1. The van der Waals surface area contributed by atoms with Crippen LogP contribution in [0.3, 0.4) is 0 Å². The molecule has 0 saturated carbocycles. The molecule has 0 fully saturated rings. The van der Waals surface area contributed by atoms with Crippen molar-refractivity contribution in [3.8, 4) is 11.5 Å². The summed E-state index contributed by atoms with van der Waals surface area (Å²) in [6.07, 6.45) is 3.12. The Bertz CT molecular complexity index is 869. The van der Waals surface area contributed by atoms with Crippen LogP contribution in [-0.2, 0) is 0 Å². The molecule has 0 radical (unpaired) electrons. The summed E-state index contributed by atoms with van der Waals surface area (Å²) >= 11 is 1.28. The van der Waals surface area contributed by atoms with E-state index in [1.165, 1.54) is 22.2 Å². The van der Waals surface area contributed by atoms with E-state index in [-0.39, 0.29) is 5.56 Å². The Morgan fingerprint density at radius 2 is 2.15 bits per heavy atom. The smallest absolute Gasteiger partial charge is 0.291 e. The SMILES string of the molecule is COc1cccc(/C=c2\sc3ncnn3c2=O)c1OC. The first-order valence-corrected chi connectivity index (χ1v) is 6.61. The van der Waals surface area contributed by atoms with Crippen molar-refractivity contribution in [1.29, 1.82) is 0 Å². The molecule has 0 saturated heterocycles. The average Bonchev–Trinajstić information content (AvgIpc) is 3.03. The summed E-state index contributed by atoms with van der Waals surface area (Å²) in [7, 11) is 3.14. The maximum atomic E-state index is 12.1. The first-order valence-electron chi connectivity index (χ1n) is 5.80. The number of rotatable bonds is 3. The van der Waals surface area contributed by atoms with E-state index in [9.17, 15) is 4.79 Å². The van der Waals surface area contributed by atoms with E-state index in [4.69, 9.17) is 9.47 Å². The number of ether oxygens (including phenoxy) is 2. The van der Waals surface area contributed by atoms with Crippen LogP contribution >= 0.6 is 11.3 Å². The number of para-hydroxylation sites is 1. The highest BCUT2D eigenvalue weighted by Crippen LogP contribution is 2.30. The fourth-order valence-electron chi connectivity index (χ4n) is 1.94. The van der Waals surface area contributed by atoms with Gasteiger partial charge in [0.2, 0.25) is 4.96 Å². The van der Waals surface area contributed by atoms with Crippen molar-refractivity contribution in [2.75, 3.05) is 14.2 Å². The van der Waals surface area contributed by atoms with Gasteiger partial charge in [-0.05, 0) is 12.1 Å². The number of methoxy groups -OCH3 is 2. The van der Waals surface area contributed by atoms with Gasteiger partial charge in [0.05, 0.1) is 18.8 Å². The predicted octanol–water partition coefficient (Wildman–Crippen LogP) is 0.716. The fraction of sp³-hybridized carbons (Fsp3) is 0.154. The van der Waals surface area contributed by atoms with E-state index < -0.39 is 0 Å². The summed E-state index contributed by atoms with van der Waals surface area (Å²) < 4.78 is 12.4. The number of aromatic nitrogens is 3. The van der Waals surface area contributed by atoms with Gasteiger partial charge in [-0.1, -0.05) is 23.5 Å². The quantitative estimate of drug-likeness (QED) is 0.710. The minimum Gasteiger partial charge on any atom is -0.493 e. The highest BCUT2D eigenvalue weighted by Gasteiger charge is 2.09. The van der Waals surface area contributed by atoms with Crippen molar-refractivity contribution in [3.63, 3.8) is 0 Å². The molecule has 0 bridgehead atoms. The Kier molecular flexibility index (Phi) is 3.11. The van der Waals surface area contributed by atoms with Crippen LogP contribution in [0.2, 0.25) is 0 Å². The minimum atomic E-state index is -0.188. The van der Waals surface area contributed by atoms with E-state index in [0.717, 1.165) is 5.56 Å². The molecule has 7 heteroatoms. The zero-order valence-corrected chi connectivity index (χ0v) is 11.7. The van der Waals surface area contributed by atoms with Crippen LogP contribution < -0.4 is 19.6 Å². The Labute approximate surface area is 117 Å². The van der Waals surface area contributed by atoms with Crippen molar-refractivity contribution >= 4 is 22.4 Å². The van der Waals surface area contributed by atoms with Crippen LogP contribution in [0.5, 0.6) is 11.5 Å². The molecule has 0 N–H and O–H groups in total. The second-order valence-corrected chi connectivity index (χ2v) is 4.96. The van der Waals surface area contributed by atoms with Gasteiger partial charge < -0.3 is 9.47 Å². The number of hydrogen-bond donors (Lipinski definition) is 0. The van der Waals surface area contributed by atoms with Crippen LogP contribution in [0.4, 0.5) is 0 Å². The van der Waals surface area contributed by atoms with Crippen molar-refractivity contribution < 1.29 is 9.47 Å². The molecule has 0 unspecified atom stereocenters. The summed E-state index contributed by atoms with van der Waals surface area (Å²) in [5, 5.41) is 3.88. The number of thiazole rings is 1. The Hall–Kier alpha value is -2.41. The summed E-state index contributed by atoms with van der Waals surface area (Å²) in [6, 6.07) is 5.50. The molecule has 2 aromatic heterocycles. The van der Waals surface area contributed by atoms with Gasteiger partial charge in [-0.3, -0.25) is 4.79 Å². The third-order valence-corrected chi connectivity index (χ3v) is 3.81. The van der Waals surface area contributed by atoms with Gasteiger partial charge in [0.1, 0.15) is 6.33 Å². The molecule has 0 aliphatic heterocycles. The molecule has 0 amide bonds. The van der Waals surface area contributed by atoms with Gasteiger partial charge in [-0.25, -0.2) is 4.98 Å². The lowest BCUT2D eigenvalue weighted by Crippen LogP contribution is -2.23. The third kappa shape index (κ3) is 1.92.